The van der Waals surface area contributed by atoms with Crippen molar-refractivity contribution < 1.29 is 0 Å². The second-order valence-electron chi connectivity index (χ2n) is 6.21. The fraction of sp³-hybridized carbons (Fsp3) is 0.286. The molecule has 124 valence electrons. The summed E-state index contributed by atoms with van der Waals surface area (Å²) in [6.07, 6.45) is 3.38. The van der Waals surface area contributed by atoms with Gasteiger partial charge in [0.1, 0.15) is 0 Å². The number of para-hydroxylation sites is 1. The fourth-order valence-corrected chi connectivity index (χ4v) is 4.55. The number of benzene rings is 2. The summed E-state index contributed by atoms with van der Waals surface area (Å²) in [5.74, 6) is 0.502. The molecule has 2 aromatic carbocycles. The zero-order valence-corrected chi connectivity index (χ0v) is 15.3. The summed E-state index contributed by atoms with van der Waals surface area (Å²) in [6, 6.07) is 21.0. The summed E-state index contributed by atoms with van der Waals surface area (Å²) in [7, 11) is 4.26. The van der Waals surface area contributed by atoms with Gasteiger partial charge < -0.3 is 4.90 Å². The first-order valence-corrected chi connectivity index (χ1v) is 9.31. The Bertz CT molecular complexity index is 720. The molecule has 0 unspecified atom stereocenters. The molecule has 0 amide bonds. The van der Waals surface area contributed by atoms with Gasteiger partial charge in [0, 0.05) is 31.0 Å². The monoisotopic (exact) mass is 336 g/mol. The van der Waals surface area contributed by atoms with Crippen LogP contribution in [0.5, 0.6) is 0 Å². The van der Waals surface area contributed by atoms with E-state index in [1.807, 2.05) is 30.0 Å². The van der Waals surface area contributed by atoms with Gasteiger partial charge in [-0.05, 0) is 30.2 Å². The third-order valence-electron chi connectivity index (χ3n) is 4.34. The highest BCUT2D eigenvalue weighted by atomic mass is 32.2. The van der Waals surface area contributed by atoms with E-state index >= 15 is 0 Å². The summed E-state index contributed by atoms with van der Waals surface area (Å²) in [5.41, 5.74) is 3.75. The Kier molecular flexibility index (Phi) is 5.41. The lowest BCUT2D eigenvalue weighted by Crippen LogP contribution is -2.27. The topological polar surface area (TPSA) is 15.6 Å². The van der Waals surface area contributed by atoms with Crippen LogP contribution in [0.4, 0.5) is 5.69 Å². The van der Waals surface area contributed by atoms with E-state index in [2.05, 4.69) is 74.5 Å². The Morgan fingerprint density at radius 2 is 1.58 bits per heavy atom. The van der Waals surface area contributed by atoms with Gasteiger partial charge in [-0.3, -0.25) is 0 Å². The van der Waals surface area contributed by atoms with Crippen LogP contribution in [0.25, 0.3) is 0 Å². The molecule has 1 aliphatic rings. The van der Waals surface area contributed by atoms with E-state index in [1.165, 1.54) is 11.3 Å². The Hall–Kier alpha value is -2.00. The molecule has 0 radical (unpaired) electrons. The SMILES string of the molecule is CC[C@@H]1C(N(C)C)=CC(=Nc2ccccc2)S[C@@H]1c1ccccc1. The van der Waals surface area contributed by atoms with Gasteiger partial charge in [0.15, 0.2) is 0 Å². The molecule has 3 heteroatoms. The van der Waals surface area contributed by atoms with Crippen LogP contribution < -0.4 is 0 Å². The Morgan fingerprint density at radius 1 is 0.958 bits per heavy atom. The maximum atomic E-state index is 4.87. The quantitative estimate of drug-likeness (QED) is 0.714. The van der Waals surface area contributed by atoms with Crippen molar-refractivity contribution in [2.24, 2.45) is 10.9 Å². The molecule has 0 N–H and O–H groups in total. The molecule has 0 spiro atoms. The smallest absolute Gasteiger partial charge is 0.0990 e. The lowest BCUT2D eigenvalue weighted by molar-refractivity contribution is 0.401. The molecule has 0 aliphatic carbocycles. The van der Waals surface area contributed by atoms with Gasteiger partial charge in [0.05, 0.1) is 10.7 Å². The first-order chi connectivity index (χ1) is 11.7. The van der Waals surface area contributed by atoms with Crippen LogP contribution in [0.2, 0.25) is 0 Å². The maximum absolute atomic E-state index is 4.87. The third kappa shape index (κ3) is 3.73. The van der Waals surface area contributed by atoms with Crippen molar-refractivity contribution in [3.8, 4) is 0 Å². The van der Waals surface area contributed by atoms with E-state index in [9.17, 15) is 0 Å². The zero-order valence-electron chi connectivity index (χ0n) is 14.5. The molecule has 1 aliphatic heterocycles. The second kappa shape index (κ2) is 7.71. The van der Waals surface area contributed by atoms with Crippen LogP contribution >= 0.6 is 11.8 Å². The van der Waals surface area contributed by atoms with Gasteiger partial charge in [-0.2, -0.15) is 0 Å². The molecule has 2 nitrogen and oxygen atoms in total. The Labute approximate surface area is 149 Å². The van der Waals surface area contributed by atoms with Crippen LogP contribution in [-0.2, 0) is 0 Å². The molecule has 2 atom stereocenters. The third-order valence-corrected chi connectivity index (χ3v) is 5.65. The van der Waals surface area contributed by atoms with Crippen molar-refractivity contribution in [3.63, 3.8) is 0 Å². The predicted molar refractivity (Wildman–Crippen MR) is 106 cm³/mol. The summed E-state index contributed by atoms with van der Waals surface area (Å²) in [6.45, 7) is 2.28. The second-order valence-corrected chi connectivity index (χ2v) is 7.37. The molecule has 3 rings (SSSR count). The number of nitrogens with zero attached hydrogens (tertiary/aromatic N) is 2. The van der Waals surface area contributed by atoms with E-state index < -0.39 is 0 Å². The van der Waals surface area contributed by atoms with Crippen molar-refractivity contribution >= 4 is 22.5 Å². The van der Waals surface area contributed by atoms with Gasteiger partial charge in [-0.25, -0.2) is 4.99 Å². The molecular weight excluding hydrogens is 312 g/mol. The van der Waals surface area contributed by atoms with Crippen LogP contribution in [0.15, 0.2) is 77.4 Å². The Morgan fingerprint density at radius 3 is 2.17 bits per heavy atom. The number of hydrogen-bond acceptors (Lipinski definition) is 3. The van der Waals surface area contributed by atoms with Gasteiger partial charge in [-0.1, -0.05) is 67.2 Å². The number of thioether (sulfide) groups is 1. The molecular formula is C21H24N2S. The molecule has 1 heterocycles. The minimum Gasteiger partial charge on any atom is -0.381 e. The van der Waals surface area contributed by atoms with Crippen molar-refractivity contribution in [3.05, 3.63) is 78.0 Å². The minimum atomic E-state index is 0.404. The standard InChI is InChI=1S/C21H24N2S/c1-4-18-19(23(2)3)15-20(22-17-13-9-6-10-14-17)24-21(18)16-11-7-5-8-12-16/h5-15,18,21H,4H2,1-3H3/t18-,21-/m1/s1. The molecule has 0 saturated carbocycles. The summed E-state index contributed by atoms with van der Waals surface area (Å²) >= 11 is 1.88. The van der Waals surface area contributed by atoms with Gasteiger partial charge in [0.25, 0.3) is 0 Å². The first-order valence-electron chi connectivity index (χ1n) is 8.43. The lowest BCUT2D eigenvalue weighted by atomic mass is 9.91. The average molecular weight is 337 g/mol. The average Bonchev–Trinajstić information content (AvgIpc) is 2.62. The van der Waals surface area contributed by atoms with Crippen LogP contribution in [-0.4, -0.2) is 24.0 Å². The summed E-state index contributed by atoms with van der Waals surface area (Å²) < 4.78 is 0. The number of aliphatic imine (C=N–C) groups is 1. The van der Waals surface area contributed by atoms with Gasteiger partial charge >= 0.3 is 0 Å². The maximum Gasteiger partial charge on any atom is 0.0990 e. The van der Waals surface area contributed by atoms with Crippen LogP contribution in [0.1, 0.15) is 24.2 Å². The molecule has 2 aromatic rings. The van der Waals surface area contributed by atoms with E-state index in [1.54, 1.807) is 0 Å². The minimum absolute atomic E-state index is 0.404. The highest BCUT2D eigenvalue weighted by molar-refractivity contribution is 8.14. The van der Waals surface area contributed by atoms with E-state index in [0.717, 1.165) is 17.2 Å². The fourth-order valence-electron chi connectivity index (χ4n) is 3.15. The molecule has 24 heavy (non-hydrogen) atoms. The first kappa shape index (κ1) is 16.8. The summed E-state index contributed by atoms with van der Waals surface area (Å²) in [4.78, 5) is 7.11. The van der Waals surface area contributed by atoms with Crippen LogP contribution in [0.3, 0.4) is 0 Å². The van der Waals surface area contributed by atoms with E-state index in [-0.39, 0.29) is 0 Å². The largest absolute Gasteiger partial charge is 0.381 e. The normalized spacial score (nSPS) is 22.3. The molecule has 0 fully saturated rings. The van der Waals surface area contributed by atoms with E-state index in [0.29, 0.717) is 11.2 Å². The Balaban J connectivity index is 2.02. The highest BCUT2D eigenvalue weighted by Crippen LogP contribution is 2.46. The van der Waals surface area contributed by atoms with Crippen molar-refractivity contribution in [2.45, 2.75) is 18.6 Å². The van der Waals surface area contributed by atoms with Gasteiger partial charge in [0.2, 0.25) is 0 Å². The van der Waals surface area contributed by atoms with Crippen molar-refractivity contribution in [1.29, 1.82) is 0 Å². The van der Waals surface area contributed by atoms with Gasteiger partial charge in [-0.15, -0.1) is 0 Å². The van der Waals surface area contributed by atoms with Crippen molar-refractivity contribution in [2.75, 3.05) is 14.1 Å². The van der Waals surface area contributed by atoms with Crippen molar-refractivity contribution in [1.82, 2.24) is 4.90 Å². The number of hydrogen-bond donors (Lipinski definition) is 0. The highest BCUT2D eigenvalue weighted by Gasteiger charge is 2.32. The number of rotatable bonds is 4. The zero-order chi connectivity index (χ0) is 16.9. The predicted octanol–water partition coefficient (Wildman–Crippen LogP) is 5.68. The lowest BCUT2D eigenvalue weighted by Gasteiger charge is -2.35. The van der Waals surface area contributed by atoms with E-state index in [4.69, 9.17) is 4.99 Å². The summed E-state index contributed by atoms with van der Waals surface area (Å²) in [5, 5.41) is 1.49. The molecule has 0 aromatic heterocycles. The number of allylic oxidation sites excluding steroid dienone is 1. The van der Waals surface area contributed by atoms with Crippen LogP contribution in [0, 0.1) is 5.92 Å². The molecule has 0 bridgehead atoms. The molecule has 0 saturated heterocycles.